The molecule has 0 radical (unpaired) electrons. The largest absolute Gasteiger partial charge is 0.496 e. The number of rotatable bonds is 6. The van der Waals surface area contributed by atoms with Crippen LogP contribution in [0.15, 0.2) is 59.2 Å². The highest BCUT2D eigenvalue weighted by Gasteiger charge is 2.30. The summed E-state index contributed by atoms with van der Waals surface area (Å²) in [5, 5.41) is 3.52. The fraction of sp³-hybridized carbons (Fsp3) is 0.227. The number of methoxy groups -OCH3 is 1. The maximum absolute atomic E-state index is 12.7. The number of carbonyl (C=O) groups is 2. The Balaban J connectivity index is 1.79. The van der Waals surface area contributed by atoms with Crippen LogP contribution in [0.1, 0.15) is 25.8 Å². The monoisotopic (exact) mass is 440 g/mol. The topological polar surface area (TPSA) is 68.3 Å². The van der Waals surface area contributed by atoms with Crippen molar-refractivity contribution in [3.05, 3.63) is 64.8 Å². The van der Waals surface area contributed by atoms with Gasteiger partial charge in [0, 0.05) is 33.5 Å². The van der Waals surface area contributed by atoms with Crippen molar-refractivity contribution < 1.29 is 14.3 Å². The molecule has 2 aromatic carbocycles. The molecule has 28 heavy (non-hydrogen) atoms. The van der Waals surface area contributed by atoms with Gasteiger partial charge in [0.25, 0.3) is 5.91 Å². The molecule has 0 spiro atoms. The van der Waals surface area contributed by atoms with Crippen molar-refractivity contribution in [2.45, 2.75) is 25.7 Å². The summed E-state index contributed by atoms with van der Waals surface area (Å²) in [5.74, 6) is -0.455. The van der Waals surface area contributed by atoms with Gasteiger partial charge in [-0.05, 0) is 36.4 Å². The Hall–Kier alpha value is -2.73. The molecule has 0 bridgehead atoms. The molecule has 0 atom stereocenters. The molecule has 144 valence electrons. The number of hydrogen-bond donors (Lipinski definition) is 1. The highest BCUT2D eigenvalue weighted by Crippen LogP contribution is 2.36. The predicted octanol–water partition coefficient (Wildman–Crippen LogP) is 4.88. The lowest BCUT2D eigenvalue weighted by molar-refractivity contribution is -0.135. The van der Waals surface area contributed by atoms with Gasteiger partial charge in [-0.1, -0.05) is 41.9 Å². The zero-order chi connectivity index (χ0) is 20.3. The van der Waals surface area contributed by atoms with Crippen LogP contribution in [0.2, 0.25) is 0 Å². The van der Waals surface area contributed by atoms with Gasteiger partial charge in [0.1, 0.15) is 5.75 Å². The number of aromatic nitrogens is 1. The molecule has 5 nitrogen and oxygen atoms in total. The van der Waals surface area contributed by atoms with E-state index in [1.807, 2.05) is 44.2 Å². The second-order valence-electron chi connectivity index (χ2n) is 7.16. The van der Waals surface area contributed by atoms with Gasteiger partial charge in [0.2, 0.25) is 5.78 Å². The van der Waals surface area contributed by atoms with E-state index in [1.54, 1.807) is 31.5 Å². The van der Waals surface area contributed by atoms with Crippen molar-refractivity contribution >= 4 is 44.2 Å². The third-order valence-corrected chi connectivity index (χ3v) is 5.14. The molecule has 0 unspecified atom stereocenters. The Morgan fingerprint density at radius 2 is 1.93 bits per heavy atom. The van der Waals surface area contributed by atoms with Crippen LogP contribution in [0.4, 0.5) is 5.69 Å². The first-order chi connectivity index (χ1) is 13.3. The van der Waals surface area contributed by atoms with Crippen LogP contribution in [0.3, 0.4) is 0 Å². The Bertz CT molecular complexity index is 1040. The van der Waals surface area contributed by atoms with Crippen LogP contribution in [0.25, 0.3) is 10.9 Å². The van der Waals surface area contributed by atoms with E-state index < -0.39 is 17.1 Å². The van der Waals surface area contributed by atoms with Crippen LogP contribution in [-0.2, 0) is 15.0 Å². The van der Waals surface area contributed by atoms with Crippen LogP contribution < -0.4 is 10.1 Å². The number of benzene rings is 2. The summed E-state index contributed by atoms with van der Waals surface area (Å²) in [6.07, 6.45) is 1.74. The molecule has 1 aromatic heterocycles. The van der Waals surface area contributed by atoms with Crippen LogP contribution in [0, 0.1) is 0 Å². The second-order valence-corrected chi connectivity index (χ2v) is 8.07. The zero-order valence-corrected chi connectivity index (χ0v) is 17.5. The van der Waals surface area contributed by atoms with Gasteiger partial charge in [0.05, 0.1) is 18.3 Å². The average molecular weight is 441 g/mol. The van der Waals surface area contributed by atoms with Crippen molar-refractivity contribution in [1.29, 1.82) is 0 Å². The van der Waals surface area contributed by atoms with E-state index in [0.29, 0.717) is 11.4 Å². The molecule has 0 aliphatic carbocycles. The third-order valence-electron chi connectivity index (χ3n) is 4.64. The first-order valence-corrected chi connectivity index (χ1v) is 9.63. The van der Waals surface area contributed by atoms with Crippen LogP contribution in [0.5, 0.6) is 5.75 Å². The number of anilines is 1. The number of nitrogens with one attached hydrogen (secondary N) is 1. The standard InChI is InChI=1S/C22H21BrN2O3/c1-22(2,16-10-9-14(23)12-20(16)28-3)13-19(26)21(27)25-18-8-4-7-17-15(18)6-5-11-24-17/h4-12H,13H2,1-3H3,(H,25,27). The highest BCUT2D eigenvalue weighted by molar-refractivity contribution is 9.10. The van der Waals surface area contributed by atoms with E-state index >= 15 is 0 Å². The summed E-state index contributed by atoms with van der Waals surface area (Å²) in [7, 11) is 1.59. The van der Waals surface area contributed by atoms with Gasteiger partial charge >= 0.3 is 0 Å². The molecule has 0 saturated carbocycles. The van der Waals surface area contributed by atoms with Crippen molar-refractivity contribution in [1.82, 2.24) is 4.98 Å². The molecule has 0 saturated heterocycles. The summed E-state index contributed by atoms with van der Waals surface area (Å²) >= 11 is 3.42. The van der Waals surface area contributed by atoms with Crippen molar-refractivity contribution in [2.75, 3.05) is 12.4 Å². The van der Waals surface area contributed by atoms with Crippen LogP contribution in [-0.4, -0.2) is 23.8 Å². The minimum atomic E-state index is -0.638. The molecule has 1 heterocycles. The second kappa shape index (κ2) is 8.10. The molecular formula is C22H21BrN2O3. The van der Waals surface area contributed by atoms with E-state index in [2.05, 4.69) is 26.2 Å². The van der Waals surface area contributed by atoms with Gasteiger partial charge in [-0.3, -0.25) is 14.6 Å². The minimum Gasteiger partial charge on any atom is -0.496 e. The molecule has 3 aromatic rings. The molecule has 0 fully saturated rings. The Labute approximate surface area is 172 Å². The maximum Gasteiger partial charge on any atom is 0.291 e. The number of hydrogen-bond acceptors (Lipinski definition) is 4. The first kappa shape index (κ1) is 20.0. The lowest BCUT2D eigenvalue weighted by atomic mass is 9.79. The number of carbonyl (C=O) groups excluding carboxylic acids is 2. The fourth-order valence-corrected chi connectivity index (χ4v) is 3.55. The van der Waals surface area contributed by atoms with Crippen molar-refractivity contribution in [2.24, 2.45) is 0 Å². The molecular weight excluding hydrogens is 420 g/mol. The lowest BCUT2D eigenvalue weighted by Gasteiger charge is -2.26. The third kappa shape index (κ3) is 4.22. The predicted molar refractivity (Wildman–Crippen MR) is 114 cm³/mol. The number of fused-ring (bicyclic) bond motifs is 1. The molecule has 1 amide bonds. The zero-order valence-electron chi connectivity index (χ0n) is 16.0. The van der Waals surface area contributed by atoms with E-state index in [9.17, 15) is 9.59 Å². The van der Waals surface area contributed by atoms with Crippen molar-refractivity contribution in [3.63, 3.8) is 0 Å². The number of ketones is 1. The molecule has 1 N–H and O–H groups in total. The SMILES string of the molecule is COc1cc(Br)ccc1C(C)(C)CC(=O)C(=O)Nc1cccc2ncccc12. The van der Waals surface area contributed by atoms with E-state index in [4.69, 9.17) is 4.74 Å². The lowest BCUT2D eigenvalue weighted by Crippen LogP contribution is -2.30. The van der Waals surface area contributed by atoms with Gasteiger partial charge in [-0.25, -0.2) is 0 Å². The van der Waals surface area contributed by atoms with Gasteiger partial charge in [-0.2, -0.15) is 0 Å². The van der Waals surface area contributed by atoms with Gasteiger partial charge < -0.3 is 10.1 Å². The number of ether oxygens (including phenoxy) is 1. The smallest absolute Gasteiger partial charge is 0.291 e. The number of Topliss-reactive ketones (excluding diaryl/α,β-unsaturated/α-hetero) is 1. The van der Waals surface area contributed by atoms with Gasteiger partial charge in [-0.15, -0.1) is 0 Å². The molecule has 0 aliphatic rings. The summed E-state index contributed by atoms with van der Waals surface area (Å²) in [6, 6.07) is 14.7. The Morgan fingerprint density at radius 3 is 2.68 bits per heavy atom. The molecule has 0 aliphatic heterocycles. The average Bonchev–Trinajstić information content (AvgIpc) is 2.67. The molecule has 6 heteroatoms. The quantitative estimate of drug-likeness (QED) is 0.554. The number of pyridine rings is 1. The van der Waals surface area contributed by atoms with Crippen LogP contribution >= 0.6 is 15.9 Å². The Morgan fingerprint density at radius 1 is 1.14 bits per heavy atom. The first-order valence-electron chi connectivity index (χ1n) is 8.84. The Kier molecular flexibility index (Phi) is 5.79. The number of amides is 1. The number of halogens is 1. The summed E-state index contributed by atoms with van der Waals surface area (Å²) < 4.78 is 6.34. The highest BCUT2D eigenvalue weighted by atomic mass is 79.9. The minimum absolute atomic E-state index is 0.0554. The number of nitrogens with zero attached hydrogens (tertiary/aromatic N) is 1. The summed E-state index contributed by atoms with van der Waals surface area (Å²) in [5.41, 5.74) is 1.63. The fourth-order valence-electron chi connectivity index (χ4n) is 3.21. The van der Waals surface area contributed by atoms with E-state index in [1.165, 1.54) is 0 Å². The van der Waals surface area contributed by atoms with E-state index in [0.717, 1.165) is 20.9 Å². The summed E-state index contributed by atoms with van der Waals surface area (Å²) in [4.78, 5) is 29.5. The normalized spacial score (nSPS) is 11.3. The molecule has 3 rings (SSSR count). The maximum atomic E-state index is 12.7. The van der Waals surface area contributed by atoms with Gasteiger partial charge in [0.15, 0.2) is 0 Å². The summed E-state index contributed by atoms with van der Waals surface area (Å²) in [6.45, 7) is 3.84. The van der Waals surface area contributed by atoms with Crippen molar-refractivity contribution in [3.8, 4) is 5.75 Å². The van der Waals surface area contributed by atoms with E-state index in [-0.39, 0.29) is 6.42 Å².